The first-order valence-corrected chi connectivity index (χ1v) is 12.3. The van der Waals surface area contributed by atoms with E-state index in [-0.39, 0.29) is 5.92 Å². The number of nitrogens with two attached hydrogens (primary N) is 1. The van der Waals surface area contributed by atoms with E-state index in [1.807, 2.05) is 12.3 Å². The molecule has 0 radical (unpaired) electrons. The van der Waals surface area contributed by atoms with Crippen LogP contribution in [-0.4, -0.2) is 45.2 Å². The predicted octanol–water partition coefficient (Wildman–Crippen LogP) is 4.81. The molecule has 3 heterocycles. The number of H-pyrrole nitrogens is 1. The number of nitrogens with one attached hydrogen (secondary N) is 1. The van der Waals surface area contributed by atoms with Gasteiger partial charge in [-0.25, -0.2) is 0 Å². The lowest BCUT2D eigenvalue weighted by Crippen LogP contribution is -2.19. The Morgan fingerprint density at radius 3 is 2.76 bits per heavy atom. The molecule has 156 valence electrons. The highest BCUT2D eigenvalue weighted by Crippen LogP contribution is 2.49. The second-order valence-electron chi connectivity index (χ2n) is 7.55. The van der Waals surface area contributed by atoms with Crippen LogP contribution in [0.2, 0.25) is 0 Å². The standard InChI is InChI=1S/C21H26N2O4S2/c1-27-7-4-15-2-3-19(28-15)14-10-16-18(13-5-8-29(25,26)9-6-13)12-23-20(16)17(11-14)21(22)24/h2-3,10-13,23,25-26H,4-9H2,1H3,(H2,22,24). The average Bonchev–Trinajstić information content (AvgIpc) is 3.32. The first kappa shape index (κ1) is 20.4. The second kappa shape index (κ2) is 8.12. The number of ether oxygens (including phenoxy) is 1. The highest BCUT2D eigenvalue weighted by atomic mass is 32.3. The molecular weight excluding hydrogens is 408 g/mol. The zero-order valence-electron chi connectivity index (χ0n) is 16.3. The van der Waals surface area contributed by atoms with E-state index >= 15 is 0 Å². The fraction of sp³-hybridized carbons (Fsp3) is 0.381. The van der Waals surface area contributed by atoms with E-state index in [0.29, 0.717) is 23.7 Å². The maximum atomic E-state index is 12.1. The van der Waals surface area contributed by atoms with E-state index in [0.717, 1.165) is 46.2 Å². The van der Waals surface area contributed by atoms with Crippen LogP contribution in [0.5, 0.6) is 0 Å². The Balaban J connectivity index is 1.74. The Morgan fingerprint density at radius 2 is 2.07 bits per heavy atom. The van der Waals surface area contributed by atoms with Gasteiger partial charge in [0.1, 0.15) is 0 Å². The van der Waals surface area contributed by atoms with Crippen molar-refractivity contribution in [3.8, 4) is 10.4 Å². The van der Waals surface area contributed by atoms with Crippen molar-refractivity contribution in [2.24, 2.45) is 5.73 Å². The zero-order valence-corrected chi connectivity index (χ0v) is 17.9. The van der Waals surface area contributed by atoms with Crippen LogP contribution in [-0.2, 0) is 11.2 Å². The smallest absolute Gasteiger partial charge is 0.250 e. The number of aromatic amines is 1. The van der Waals surface area contributed by atoms with E-state index in [1.165, 1.54) is 4.88 Å². The largest absolute Gasteiger partial charge is 0.384 e. The van der Waals surface area contributed by atoms with E-state index < -0.39 is 16.5 Å². The van der Waals surface area contributed by atoms with Crippen molar-refractivity contribution in [1.29, 1.82) is 0 Å². The lowest BCUT2D eigenvalue weighted by Gasteiger charge is -2.39. The van der Waals surface area contributed by atoms with E-state index in [1.54, 1.807) is 18.4 Å². The molecule has 0 aliphatic carbocycles. The Hall–Kier alpha value is -1.84. The zero-order chi connectivity index (χ0) is 20.6. The van der Waals surface area contributed by atoms with Gasteiger partial charge in [0, 0.05) is 46.4 Å². The molecule has 1 aromatic carbocycles. The van der Waals surface area contributed by atoms with Crippen LogP contribution in [0, 0.1) is 0 Å². The minimum absolute atomic E-state index is 0.236. The number of benzene rings is 1. The van der Waals surface area contributed by atoms with Crippen LogP contribution in [0.25, 0.3) is 21.3 Å². The summed E-state index contributed by atoms with van der Waals surface area (Å²) in [6.07, 6.45) is 4.26. The van der Waals surface area contributed by atoms with Gasteiger partial charge in [-0.3, -0.25) is 13.9 Å². The molecular formula is C21H26N2O4S2. The Kier molecular flexibility index (Phi) is 5.72. The summed E-state index contributed by atoms with van der Waals surface area (Å²) in [7, 11) is -0.737. The van der Waals surface area contributed by atoms with Crippen LogP contribution in [0.15, 0.2) is 30.5 Å². The first-order valence-electron chi connectivity index (χ1n) is 9.64. The quantitative estimate of drug-likeness (QED) is 0.446. The normalized spacial score (nSPS) is 18.2. The summed E-state index contributed by atoms with van der Waals surface area (Å²) in [6.45, 7) is 0.675. The van der Waals surface area contributed by atoms with Crippen molar-refractivity contribution in [2.75, 3.05) is 25.2 Å². The number of carbonyl (C=O) groups excluding carboxylic acids is 1. The van der Waals surface area contributed by atoms with Gasteiger partial charge in [-0.1, -0.05) is 0 Å². The number of fused-ring (bicyclic) bond motifs is 1. The molecule has 1 aliphatic heterocycles. The van der Waals surface area contributed by atoms with E-state index in [9.17, 15) is 13.9 Å². The number of carbonyl (C=O) groups is 1. The minimum Gasteiger partial charge on any atom is -0.384 e. The summed E-state index contributed by atoms with van der Waals surface area (Å²) in [5, 5.41) is 0.992. The van der Waals surface area contributed by atoms with Gasteiger partial charge in [-0.05, 0) is 54.2 Å². The fourth-order valence-corrected chi connectivity index (χ4v) is 6.52. The lowest BCUT2D eigenvalue weighted by atomic mass is 9.91. The summed E-state index contributed by atoms with van der Waals surface area (Å²) in [5.41, 5.74) is 9.02. The molecule has 1 aliphatic rings. The second-order valence-corrected chi connectivity index (χ2v) is 11.1. The van der Waals surface area contributed by atoms with E-state index in [4.69, 9.17) is 10.5 Å². The number of hydrogen-bond acceptors (Lipinski definition) is 5. The van der Waals surface area contributed by atoms with Gasteiger partial charge in [-0.15, -0.1) is 11.3 Å². The Morgan fingerprint density at radius 1 is 1.31 bits per heavy atom. The molecule has 0 atom stereocenters. The number of amides is 1. The molecule has 2 aromatic heterocycles. The Labute approximate surface area is 175 Å². The van der Waals surface area contributed by atoms with Crippen LogP contribution in [0.1, 0.15) is 39.6 Å². The lowest BCUT2D eigenvalue weighted by molar-refractivity contribution is 0.100. The van der Waals surface area contributed by atoms with Crippen molar-refractivity contribution >= 4 is 38.7 Å². The maximum Gasteiger partial charge on any atom is 0.250 e. The van der Waals surface area contributed by atoms with Gasteiger partial charge in [0.15, 0.2) is 0 Å². The van der Waals surface area contributed by atoms with Crippen LogP contribution in [0.3, 0.4) is 0 Å². The molecule has 5 N–H and O–H groups in total. The number of aromatic nitrogens is 1. The maximum absolute atomic E-state index is 12.1. The van der Waals surface area contributed by atoms with Gasteiger partial charge in [-0.2, -0.15) is 10.6 Å². The number of rotatable bonds is 6. The molecule has 0 unspecified atom stereocenters. The predicted molar refractivity (Wildman–Crippen MR) is 120 cm³/mol. The molecule has 3 aromatic rings. The molecule has 0 saturated carbocycles. The molecule has 4 rings (SSSR count). The van der Waals surface area contributed by atoms with Gasteiger partial charge in [0.05, 0.1) is 17.7 Å². The SMILES string of the molecule is COCCc1ccc(-c2cc(C(N)=O)c3[nH]cc(C4CCS(O)(O)CC4)c3c2)s1. The third-order valence-electron chi connectivity index (χ3n) is 5.61. The monoisotopic (exact) mass is 434 g/mol. The summed E-state index contributed by atoms with van der Waals surface area (Å²) in [5.74, 6) is 0.639. The molecule has 0 bridgehead atoms. The highest BCUT2D eigenvalue weighted by molar-refractivity contribution is 8.24. The molecule has 29 heavy (non-hydrogen) atoms. The van der Waals surface area contributed by atoms with Crippen molar-refractivity contribution in [3.63, 3.8) is 0 Å². The molecule has 1 saturated heterocycles. The summed E-state index contributed by atoms with van der Waals surface area (Å²) >= 11 is 1.69. The average molecular weight is 435 g/mol. The topological polar surface area (TPSA) is 109 Å². The van der Waals surface area contributed by atoms with Crippen molar-refractivity contribution in [1.82, 2.24) is 4.98 Å². The molecule has 1 fully saturated rings. The first-order chi connectivity index (χ1) is 13.9. The Bertz CT molecular complexity index is 1030. The van der Waals surface area contributed by atoms with Gasteiger partial charge in [0.25, 0.3) is 5.91 Å². The fourth-order valence-electron chi connectivity index (χ4n) is 4.02. The number of hydrogen-bond donors (Lipinski definition) is 4. The van der Waals surface area contributed by atoms with Crippen LogP contribution < -0.4 is 5.73 Å². The van der Waals surface area contributed by atoms with Crippen LogP contribution >= 0.6 is 21.9 Å². The molecule has 1 amide bonds. The number of thiophene rings is 1. The van der Waals surface area contributed by atoms with Crippen molar-refractivity contribution in [3.05, 3.63) is 46.5 Å². The number of primary amides is 1. The summed E-state index contributed by atoms with van der Waals surface area (Å²) in [4.78, 5) is 17.7. The molecule has 8 heteroatoms. The van der Waals surface area contributed by atoms with Crippen molar-refractivity contribution in [2.45, 2.75) is 25.2 Å². The summed E-state index contributed by atoms with van der Waals surface area (Å²) < 4.78 is 25.0. The van der Waals surface area contributed by atoms with E-state index in [2.05, 4.69) is 23.2 Å². The molecule has 6 nitrogen and oxygen atoms in total. The van der Waals surface area contributed by atoms with Gasteiger partial charge >= 0.3 is 0 Å². The van der Waals surface area contributed by atoms with Gasteiger partial charge < -0.3 is 15.5 Å². The van der Waals surface area contributed by atoms with Crippen molar-refractivity contribution < 1.29 is 18.6 Å². The third-order valence-corrected chi connectivity index (χ3v) is 8.59. The highest BCUT2D eigenvalue weighted by Gasteiger charge is 2.27. The molecule has 0 spiro atoms. The van der Waals surface area contributed by atoms with Gasteiger partial charge in [0.2, 0.25) is 0 Å². The minimum atomic E-state index is -2.43. The number of methoxy groups -OCH3 is 1. The summed E-state index contributed by atoms with van der Waals surface area (Å²) in [6, 6.07) is 8.14. The van der Waals surface area contributed by atoms with Crippen LogP contribution in [0.4, 0.5) is 0 Å². The third kappa shape index (κ3) is 4.22.